The van der Waals surface area contributed by atoms with Gasteiger partial charge in [0.1, 0.15) is 0 Å². The molecular weight excluding hydrogens is 254 g/mol. The number of amides is 1. The third-order valence-corrected chi connectivity index (χ3v) is 3.00. The van der Waals surface area contributed by atoms with Gasteiger partial charge in [-0.3, -0.25) is 9.20 Å². The number of carbonyl (C=O) groups excluding carboxylic acids is 1. The first-order chi connectivity index (χ1) is 9.75. The van der Waals surface area contributed by atoms with Crippen molar-refractivity contribution in [3.05, 3.63) is 60.0 Å². The van der Waals surface area contributed by atoms with E-state index in [-0.39, 0.29) is 5.91 Å². The molecule has 0 unspecified atom stereocenters. The fraction of sp³-hybridized carbons (Fsp3) is 0.0714. The molecule has 0 aliphatic heterocycles. The van der Waals surface area contributed by atoms with Crippen molar-refractivity contribution >= 4 is 17.2 Å². The van der Waals surface area contributed by atoms with Crippen molar-refractivity contribution in [3.63, 3.8) is 0 Å². The molecule has 0 aliphatic carbocycles. The molecule has 0 spiro atoms. The Hall–Kier alpha value is -2.89. The van der Waals surface area contributed by atoms with Gasteiger partial charge >= 0.3 is 0 Å². The van der Waals surface area contributed by atoms with Crippen LogP contribution in [-0.2, 0) is 6.54 Å². The number of benzene rings is 1. The summed E-state index contributed by atoms with van der Waals surface area (Å²) >= 11 is 0. The number of para-hydroxylation sites is 1. The van der Waals surface area contributed by atoms with Crippen LogP contribution in [-0.4, -0.2) is 20.5 Å². The van der Waals surface area contributed by atoms with E-state index in [1.165, 1.54) is 0 Å². The highest BCUT2D eigenvalue weighted by atomic mass is 16.1. The fourth-order valence-electron chi connectivity index (χ4n) is 1.97. The van der Waals surface area contributed by atoms with E-state index in [4.69, 9.17) is 5.73 Å². The summed E-state index contributed by atoms with van der Waals surface area (Å²) in [5.41, 5.74) is 7.43. The van der Waals surface area contributed by atoms with Gasteiger partial charge in [0.2, 0.25) is 0 Å². The summed E-state index contributed by atoms with van der Waals surface area (Å²) in [6, 6.07) is 12.6. The summed E-state index contributed by atoms with van der Waals surface area (Å²) in [4.78, 5) is 12.0. The van der Waals surface area contributed by atoms with Crippen LogP contribution in [0.1, 0.15) is 16.2 Å². The number of carbonyl (C=O) groups is 1. The van der Waals surface area contributed by atoms with Gasteiger partial charge in [0.15, 0.2) is 11.5 Å². The van der Waals surface area contributed by atoms with E-state index < -0.39 is 0 Å². The maximum absolute atomic E-state index is 12.0. The van der Waals surface area contributed by atoms with Crippen molar-refractivity contribution in [2.45, 2.75) is 6.54 Å². The molecule has 0 saturated heterocycles. The molecule has 3 aromatic rings. The fourth-order valence-corrected chi connectivity index (χ4v) is 1.97. The zero-order valence-electron chi connectivity index (χ0n) is 10.7. The first kappa shape index (κ1) is 12.2. The lowest BCUT2D eigenvalue weighted by Crippen LogP contribution is -2.24. The Morgan fingerprint density at radius 1 is 1.15 bits per heavy atom. The summed E-state index contributed by atoms with van der Waals surface area (Å²) in [6.07, 6.45) is 1.85. The van der Waals surface area contributed by atoms with Gasteiger partial charge in [-0.05, 0) is 24.3 Å². The van der Waals surface area contributed by atoms with E-state index in [0.717, 1.165) is 5.65 Å². The average molecular weight is 267 g/mol. The van der Waals surface area contributed by atoms with Gasteiger partial charge in [-0.2, -0.15) is 0 Å². The highest BCUT2D eigenvalue weighted by Crippen LogP contribution is 2.10. The molecule has 0 atom stereocenters. The molecule has 3 N–H and O–H groups in total. The number of nitrogen functional groups attached to an aromatic ring is 1. The molecule has 0 bridgehead atoms. The topological polar surface area (TPSA) is 85.3 Å². The second-order valence-corrected chi connectivity index (χ2v) is 4.31. The number of anilines is 1. The lowest BCUT2D eigenvalue weighted by Gasteiger charge is -2.06. The number of nitrogens with one attached hydrogen (secondary N) is 1. The number of aromatic nitrogens is 3. The van der Waals surface area contributed by atoms with Crippen LogP contribution in [0.2, 0.25) is 0 Å². The third-order valence-electron chi connectivity index (χ3n) is 3.00. The van der Waals surface area contributed by atoms with Crippen LogP contribution < -0.4 is 11.1 Å². The smallest absolute Gasteiger partial charge is 0.253 e. The quantitative estimate of drug-likeness (QED) is 0.699. The number of fused-ring (bicyclic) bond motifs is 1. The van der Waals surface area contributed by atoms with Crippen LogP contribution in [0.15, 0.2) is 48.7 Å². The van der Waals surface area contributed by atoms with E-state index in [1.807, 2.05) is 28.8 Å². The lowest BCUT2D eigenvalue weighted by molar-refractivity contribution is 0.0950. The zero-order chi connectivity index (χ0) is 13.9. The molecule has 2 aromatic heterocycles. The first-order valence-electron chi connectivity index (χ1n) is 6.17. The summed E-state index contributed by atoms with van der Waals surface area (Å²) in [5, 5.41) is 10.9. The molecule has 100 valence electrons. The molecular formula is C14H13N5O. The molecule has 1 aromatic carbocycles. The first-order valence-corrected chi connectivity index (χ1v) is 6.17. The van der Waals surface area contributed by atoms with Crippen LogP contribution in [0.25, 0.3) is 5.65 Å². The average Bonchev–Trinajstić information content (AvgIpc) is 2.88. The summed E-state index contributed by atoms with van der Waals surface area (Å²) < 4.78 is 1.83. The largest absolute Gasteiger partial charge is 0.398 e. The van der Waals surface area contributed by atoms with Gasteiger partial charge in [0.25, 0.3) is 5.91 Å². The van der Waals surface area contributed by atoms with Crippen molar-refractivity contribution in [3.8, 4) is 0 Å². The molecule has 3 rings (SSSR count). The molecule has 0 fully saturated rings. The van der Waals surface area contributed by atoms with E-state index in [1.54, 1.807) is 24.3 Å². The number of nitrogens with two attached hydrogens (primary N) is 1. The van der Waals surface area contributed by atoms with Crippen molar-refractivity contribution in [2.24, 2.45) is 0 Å². The molecule has 1 amide bonds. The van der Waals surface area contributed by atoms with Crippen LogP contribution in [0.4, 0.5) is 5.69 Å². The third kappa shape index (κ3) is 2.18. The monoisotopic (exact) mass is 267 g/mol. The minimum absolute atomic E-state index is 0.226. The molecule has 0 saturated carbocycles. The second-order valence-electron chi connectivity index (χ2n) is 4.31. The Labute approximate surface area is 115 Å². The van der Waals surface area contributed by atoms with Gasteiger partial charge < -0.3 is 11.1 Å². The maximum atomic E-state index is 12.0. The van der Waals surface area contributed by atoms with E-state index in [9.17, 15) is 4.79 Å². The van der Waals surface area contributed by atoms with E-state index in [0.29, 0.717) is 23.6 Å². The van der Waals surface area contributed by atoms with Crippen molar-refractivity contribution in [1.29, 1.82) is 0 Å². The molecule has 2 heterocycles. The van der Waals surface area contributed by atoms with Crippen molar-refractivity contribution in [1.82, 2.24) is 19.9 Å². The lowest BCUT2D eigenvalue weighted by atomic mass is 10.1. The minimum atomic E-state index is -0.226. The Morgan fingerprint density at radius 2 is 1.95 bits per heavy atom. The predicted molar refractivity (Wildman–Crippen MR) is 75.0 cm³/mol. The van der Waals surface area contributed by atoms with E-state index in [2.05, 4.69) is 15.5 Å². The van der Waals surface area contributed by atoms with Gasteiger partial charge in [-0.15, -0.1) is 10.2 Å². The highest BCUT2D eigenvalue weighted by Gasteiger charge is 2.10. The van der Waals surface area contributed by atoms with Gasteiger partial charge in [0, 0.05) is 11.9 Å². The predicted octanol–water partition coefficient (Wildman–Crippen LogP) is 1.24. The Balaban J connectivity index is 1.77. The van der Waals surface area contributed by atoms with Gasteiger partial charge in [-0.1, -0.05) is 18.2 Å². The number of hydrogen-bond acceptors (Lipinski definition) is 4. The molecule has 6 nitrogen and oxygen atoms in total. The molecule has 0 radical (unpaired) electrons. The van der Waals surface area contributed by atoms with Gasteiger partial charge in [-0.25, -0.2) is 0 Å². The Bertz CT molecular complexity index is 765. The van der Waals surface area contributed by atoms with Crippen LogP contribution in [0.5, 0.6) is 0 Å². The van der Waals surface area contributed by atoms with Gasteiger partial charge in [0.05, 0.1) is 12.1 Å². The molecule has 6 heteroatoms. The number of hydrogen-bond donors (Lipinski definition) is 2. The maximum Gasteiger partial charge on any atom is 0.253 e. The SMILES string of the molecule is Nc1ccccc1C(=O)NCc1nnc2ccccn12. The summed E-state index contributed by atoms with van der Waals surface area (Å²) in [5.74, 6) is 0.444. The second kappa shape index (κ2) is 5.00. The normalized spacial score (nSPS) is 10.6. The number of rotatable bonds is 3. The standard InChI is InChI=1S/C14H13N5O/c15-11-6-2-1-5-10(11)14(20)16-9-13-18-17-12-7-3-4-8-19(12)13/h1-8H,9,15H2,(H,16,20). The van der Waals surface area contributed by atoms with Crippen molar-refractivity contribution < 1.29 is 4.79 Å². The van der Waals surface area contributed by atoms with Crippen LogP contribution in [0, 0.1) is 0 Å². The number of pyridine rings is 1. The molecule has 0 aliphatic rings. The number of nitrogens with zero attached hydrogens (tertiary/aromatic N) is 3. The van der Waals surface area contributed by atoms with Crippen LogP contribution >= 0.6 is 0 Å². The Kier molecular flexibility index (Phi) is 3.04. The molecule has 20 heavy (non-hydrogen) atoms. The van der Waals surface area contributed by atoms with Crippen molar-refractivity contribution in [2.75, 3.05) is 5.73 Å². The van der Waals surface area contributed by atoms with Crippen LogP contribution in [0.3, 0.4) is 0 Å². The Morgan fingerprint density at radius 3 is 2.80 bits per heavy atom. The summed E-state index contributed by atoms with van der Waals surface area (Å²) in [6.45, 7) is 0.290. The zero-order valence-corrected chi connectivity index (χ0v) is 10.7. The van der Waals surface area contributed by atoms with E-state index >= 15 is 0 Å². The highest BCUT2D eigenvalue weighted by molar-refractivity contribution is 5.98. The minimum Gasteiger partial charge on any atom is -0.398 e. The summed E-state index contributed by atoms with van der Waals surface area (Å²) in [7, 11) is 0.